The van der Waals surface area contributed by atoms with Crippen molar-refractivity contribution in [1.29, 1.82) is 0 Å². The summed E-state index contributed by atoms with van der Waals surface area (Å²) in [5, 5.41) is 8.78. The zero-order valence-electron chi connectivity index (χ0n) is 10.5. The normalized spacial score (nSPS) is 10.8. The summed E-state index contributed by atoms with van der Waals surface area (Å²) < 4.78 is 26.1. The van der Waals surface area contributed by atoms with Gasteiger partial charge in [-0.2, -0.15) is 0 Å². The van der Waals surface area contributed by atoms with Gasteiger partial charge < -0.3 is 10.0 Å². The molecule has 1 aromatic rings. The first-order chi connectivity index (χ1) is 8.45. The lowest BCUT2D eigenvalue weighted by atomic mass is 10.1. The Morgan fingerprint density at radius 3 is 2.28 bits per heavy atom. The van der Waals surface area contributed by atoms with Crippen LogP contribution in [0.5, 0.6) is 0 Å². The number of halogens is 2. The summed E-state index contributed by atoms with van der Waals surface area (Å²) in [6.07, 6.45) is 0.432. The van der Waals surface area contributed by atoms with Gasteiger partial charge in [-0.15, -0.1) is 0 Å². The van der Waals surface area contributed by atoms with Gasteiger partial charge in [0.1, 0.15) is 11.6 Å². The van der Waals surface area contributed by atoms with E-state index in [0.717, 1.165) is 18.2 Å². The summed E-state index contributed by atoms with van der Waals surface area (Å²) in [5.74, 6) is -1.98. The average Bonchev–Trinajstić information content (AvgIpc) is 2.27. The Balaban J connectivity index is 2.94. The standard InChI is InChI=1S/C13H17F2NO2/c1-9(2)16(4-3-5-17)13(18)10-6-11(14)8-12(15)7-10/h6-9,17H,3-5H2,1-2H3. The van der Waals surface area contributed by atoms with E-state index in [1.165, 1.54) is 4.90 Å². The molecule has 0 spiro atoms. The van der Waals surface area contributed by atoms with Crippen molar-refractivity contribution in [2.75, 3.05) is 13.2 Å². The summed E-state index contributed by atoms with van der Waals surface area (Å²) in [5.41, 5.74) is -0.0147. The molecule has 0 unspecified atom stereocenters. The van der Waals surface area contributed by atoms with E-state index < -0.39 is 17.5 Å². The van der Waals surface area contributed by atoms with Crippen molar-refractivity contribution in [2.45, 2.75) is 26.3 Å². The van der Waals surface area contributed by atoms with Gasteiger partial charge in [0, 0.05) is 30.8 Å². The van der Waals surface area contributed by atoms with Gasteiger partial charge in [0.05, 0.1) is 0 Å². The average molecular weight is 257 g/mol. The Morgan fingerprint density at radius 1 is 1.28 bits per heavy atom. The zero-order valence-corrected chi connectivity index (χ0v) is 10.5. The van der Waals surface area contributed by atoms with Crippen molar-refractivity contribution in [3.63, 3.8) is 0 Å². The summed E-state index contributed by atoms with van der Waals surface area (Å²) in [6.45, 7) is 3.94. The summed E-state index contributed by atoms with van der Waals surface area (Å²) in [7, 11) is 0. The highest BCUT2D eigenvalue weighted by molar-refractivity contribution is 5.94. The van der Waals surface area contributed by atoms with Gasteiger partial charge in [0.2, 0.25) is 0 Å². The number of carbonyl (C=O) groups excluding carboxylic acids is 1. The van der Waals surface area contributed by atoms with E-state index in [1.807, 2.05) is 13.8 Å². The topological polar surface area (TPSA) is 40.5 Å². The van der Waals surface area contributed by atoms with Crippen LogP contribution in [-0.4, -0.2) is 35.1 Å². The van der Waals surface area contributed by atoms with Crippen LogP contribution in [0, 0.1) is 11.6 Å². The Kier molecular flexibility index (Phi) is 5.22. The quantitative estimate of drug-likeness (QED) is 0.878. The number of carbonyl (C=O) groups is 1. The minimum Gasteiger partial charge on any atom is -0.396 e. The number of rotatable bonds is 5. The van der Waals surface area contributed by atoms with Crippen molar-refractivity contribution < 1.29 is 18.7 Å². The molecule has 1 rings (SSSR count). The molecule has 0 bridgehead atoms. The Labute approximate surface area is 105 Å². The molecular weight excluding hydrogens is 240 g/mol. The van der Waals surface area contributed by atoms with E-state index in [1.54, 1.807) is 0 Å². The van der Waals surface area contributed by atoms with E-state index >= 15 is 0 Å². The molecule has 0 fully saturated rings. The molecule has 0 heterocycles. The van der Waals surface area contributed by atoms with E-state index in [2.05, 4.69) is 0 Å². The largest absolute Gasteiger partial charge is 0.396 e. The van der Waals surface area contributed by atoms with Gasteiger partial charge in [-0.3, -0.25) is 4.79 Å². The van der Waals surface area contributed by atoms with Crippen LogP contribution in [0.3, 0.4) is 0 Å². The third kappa shape index (κ3) is 3.77. The van der Waals surface area contributed by atoms with E-state index in [-0.39, 0.29) is 18.2 Å². The van der Waals surface area contributed by atoms with Gasteiger partial charge in [-0.25, -0.2) is 8.78 Å². The van der Waals surface area contributed by atoms with Crippen LogP contribution in [-0.2, 0) is 0 Å². The lowest BCUT2D eigenvalue weighted by molar-refractivity contribution is 0.0692. The molecule has 18 heavy (non-hydrogen) atoms. The molecule has 0 aliphatic carbocycles. The number of nitrogens with zero attached hydrogens (tertiary/aromatic N) is 1. The monoisotopic (exact) mass is 257 g/mol. The molecule has 0 aliphatic rings. The number of benzene rings is 1. The van der Waals surface area contributed by atoms with Crippen LogP contribution < -0.4 is 0 Å². The molecule has 0 atom stereocenters. The molecule has 0 aromatic heterocycles. The maximum absolute atomic E-state index is 13.1. The lowest BCUT2D eigenvalue weighted by Gasteiger charge is -2.26. The lowest BCUT2D eigenvalue weighted by Crippen LogP contribution is -2.38. The Morgan fingerprint density at radius 2 is 1.83 bits per heavy atom. The number of hydrogen-bond donors (Lipinski definition) is 1. The van der Waals surface area contributed by atoms with E-state index in [4.69, 9.17) is 5.11 Å². The Hall–Kier alpha value is -1.49. The molecule has 0 saturated carbocycles. The first kappa shape index (κ1) is 14.6. The minimum absolute atomic E-state index is 0.0147. The maximum atomic E-state index is 13.1. The third-order valence-corrected chi connectivity index (χ3v) is 2.55. The molecule has 0 radical (unpaired) electrons. The summed E-state index contributed by atoms with van der Waals surface area (Å²) in [6, 6.07) is 2.65. The second-order valence-corrected chi connectivity index (χ2v) is 4.33. The minimum atomic E-state index is -0.774. The van der Waals surface area contributed by atoms with Crippen molar-refractivity contribution in [2.24, 2.45) is 0 Å². The van der Waals surface area contributed by atoms with E-state index in [0.29, 0.717) is 13.0 Å². The fourth-order valence-electron chi connectivity index (χ4n) is 1.68. The second-order valence-electron chi connectivity index (χ2n) is 4.33. The second kappa shape index (κ2) is 6.44. The van der Waals surface area contributed by atoms with Crippen molar-refractivity contribution in [3.8, 4) is 0 Å². The fourth-order valence-corrected chi connectivity index (χ4v) is 1.68. The molecule has 1 N–H and O–H groups in total. The van der Waals surface area contributed by atoms with Crippen LogP contribution in [0.25, 0.3) is 0 Å². The first-order valence-corrected chi connectivity index (χ1v) is 5.83. The highest BCUT2D eigenvalue weighted by Gasteiger charge is 2.19. The van der Waals surface area contributed by atoms with Crippen LogP contribution in [0.2, 0.25) is 0 Å². The number of amides is 1. The number of aliphatic hydroxyl groups excluding tert-OH is 1. The highest BCUT2D eigenvalue weighted by atomic mass is 19.1. The molecule has 100 valence electrons. The highest BCUT2D eigenvalue weighted by Crippen LogP contribution is 2.13. The van der Waals surface area contributed by atoms with Gasteiger partial charge in [0.25, 0.3) is 5.91 Å². The smallest absolute Gasteiger partial charge is 0.254 e. The van der Waals surface area contributed by atoms with Gasteiger partial charge >= 0.3 is 0 Å². The fraction of sp³-hybridized carbons (Fsp3) is 0.462. The van der Waals surface area contributed by atoms with Crippen molar-refractivity contribution in [1.82, 2.24) is 4.90 Å². The predicted molar refractivity (Wildman–Crippen MR) is 64.2 cm³/mol. The molecule has 0 saturated heterocycles. The van der Waals surface area contributed by atoms with Crippen LogP contribution in [0.4, 0.5) is 8.78 Å². The molecule has 3 nitrogen and oxygen atoms in total. The molecule has 0 aliphatic heterocycles. The van der Waals surface area contributed by atoms with Crippen molar-refractivity contribution in [3.05, 3.63) is 35.4 Å². The predicted octanol–water partition coefficient (Wildman–Crippen LogP) is 2.20. The van der Waals surface area contributed by atoms with E-state index in [9.17, 15) is 13.6 Å². The summed E-state index contributed by atoms with van der Waals surface area (Å²) in [4.78, 5) is 13.6. The molecule has 1 aromatic carbocycles. The van der Waals surface area contributed by atoms with Crippen LogP contribution in [0.15, 0.2) is 18.2 Å². The molecule has 1 amide bonds. The van der Waals surface area contributed by atoms with Gasteiger partial charge in [0.15, 0.2) is 0 Å². The number of hydrogen-bond acceptors (Lipinski definition) is 2. The zero-order chi connectivity index (χ0) is 13.7. The van der Waals surface area contributed by atoms with Crippen LogP contribution >= 0.6 is 0 Å². The van der Waals surface area contributed by atoms with Crippen LogP contribution in [0.1, 0.15) is 30.6 Å². The van der Waals surface area contributed by atoms with Crippen molar-refractivity contribution >= 4 is 5.91 Å². The number of aliphatic hydroxyl groups is 1. The maximum Gasteiger partial charge on any atom is 0.254 e. The molecule has 5 heteroatoms. The van der Waals surface area contributed by atoms with Gasteiger partial charge in [-0.1, -0.05) is 0 Å². The first-order valence-electron chi connectivity index (χ1n) is 5.83. The third-order valence-electron chi connectivity index (χ3n) is 2.55. The summed E-state index contributed by atoms with van der Waals surface area (Å²) >= 11 is 0. The van der Waals surface area contributed by atoms with Gasteiger partial charge in [-0.05, 0) is 32.4 Å². The molecular formula is C13H17F2NO2. The Bertz CT molecular complexity index is 401. The SMILES string of the molecule is CC(C)N(CCCO)C(=O)c1cc(F)cc(F)c1.